The number of carbonyl (C=O) groups is 2. The minimum Gasteiger partial charge on any atom is -0.455 e. The van der Waals surface area contributed by atoms with Crippen LogP contribution in [-0.4, -0.2) is 35.9 Å². The molecule has 6 atom stereocenters. The molecule has 5 nitrogen and oxygen atoms in total. The maximum Gasteiger partial charge on any atom is 0.334 e. The van der Waals surface area contributed by atoms with Gasteiger partial charge in [-0.2, -0.15) is 0 Å². The van der Waals surface area contributed by atoms with Crippen molar-refractivity contribution in [2.45, 2.75) is 77.3 Å². The Morgan fingerprint density at radius 2 is 2.12 bits per heavy atom. The van der Waals surface area contributed by atoms with Crippen LogP contribution in [0.4, 0.5) is 0 Å². The van der Waals surface area contributed by atoms with Crippen LogP contribution in [0, 0.1) is 17.8 Å². The third-order valence-corrected chi connectivity index (χ3v) is 5.84. The number of hydrogen-bond donors (Lipinski definition) is 0. The van der Waals surface area contributed by atoms with Crippen molar-refractivity contribution in [3.8, 4) is 0 Å². The first-order chi connectivity index (χ1) is 11.2. The second kappa shape index (κ2) is 6.17. The maximum absolute atomic E-state index is 12.3. The van der Waals surface area contributed by atoms with Crippen LogP contribution in [0.1, 0.15) is 53.4 Å². The Hall–Kier alpha value is -1.36. The Bertz CT molecular complexity index is 554. The summed E-state index contributed by atoms with van der Waals surface area (Å²) in [6.45, 7) is 11.7. The molecule has 2 bridgehead atoms. The molecule has 3 saturated heterocycles. The Morgan fingerprint density at radius 3 is 2.79 bits per heavy atom. The summed E-state index contributed by atoms with van der Waals surface area (Å²) < 4.78 is 17.9. The molecule has 0 radical (unpaired) electrons. The van der Waals surface area contributed by atoms with E-state index in [1.54, 1.807) is 13.8 Å². The lowest BCUT2D eigenvalue weighted by Crippen LogP contribution is -2.52. The molecule has 0 aliphatic carbocycles. The lowest BCUT2D eigenvalue weighted by Gasteiger charge is -2.38. The van der Waals surface area contributed by atoms with Crippen LogP contribution in [0.2, 0.25) is 0 Å². The van der Waals surface area contributed by atoms with Gasteiger partial charge in [-0.3, -0.25) is 4.79 Å². The van der Waals surface area contributed by atoms with Crippen LogP contribution in [0.3, 0.4) is 0 Å². The van der Waals surface area contributed by atoms with Crippen molar-refractivity contribution >= 4 is 11.9 Å². The van der Waals surface area contributed by atoms with Crippen molar-refractivity contribution in [3.05, 3.63) is 12.2 Å². The summed E-state index contributed by atoms with van der Waals surface area (Å²) in [5.41, 5.74) is -0.152. The zero-order valence-electron chi connectivity index (χ0n) is 15.0. The van der Waals surface area contributed by atoms with Crippen molar-refractivity contribution in [2.75, 3.05) is 0 Å². The molecule has 0 aromatic rings. The quantitative estimate of drug-likeness (QED) is 0.573. The highest BCUT2D eigenvalue weighted by molar-refractivity contribution is 5.91. The smallest absolute Gasteiger partial charge is 0.334 e. The van der Waals surface area contributed by atoms with Crippen molar-refractivity contribution < 1.29 is 23.8 Å². The van der Waals surface area contributed by atoms with E-state index in [0.29, 0.717) is 17.9 Å². The van der Waals surface area contributed by atoms with Gasteiger partial charge in [0.1, 0.15) is 11.7 Å². The molecule has 3 fully saturated rings. The third-order valence-electron chi connectivity index (χ3n) is 5.84. The van der Waals surface area contributed by atoms with Crippen LogP contribution in [-0.2, 0) is 23.8 Å². The molecule has 3 aliphatic rings. The molecule has 0 amide bonds. The van der Waals surface area contributed by atoms with E-state index in [-0.39, 0.29) is 29.9 Å². The fraction of sp³-hybridized carbons (Fsp3) is 0.789. The molecular weight excluding hydrogens is 308 g/mol. The maximum atomic E-state index is 12.3. The van der Waals surface area contributed by atoms with E-state index in [0.717, 1.165) is 19.3 Å². The number of fused-ring (bicyclic) bond motifs is 3. The molecule has 134 valence electrons. The highest BCUT2D eigenvalue weighted by atomic mass is 16.6. The molecule has 0 aromatic heterocycles. The summed E-state index contributed by atoms with van der Waals surface area (Å²) in [7, 11) is 0. The topological polar surface area (TPSA) is 61.8 Å². The van der Waals surface area contributed by atoms with E-state index in [9.17, 15) is 9.59 Å². The first-order valence-electron chi connectivity index (χ1n) is 9.01. The molecule has 5 heteroatoms. The lowest BCUT2D eigenvalue weighted by molar-refractivity contribution is -0.199. The summed E-state index contributed by atoms with van der Waals surface area (Å²) in [6.07, 6.45) is 2.52. The summed E-state index contributed by atoms with van der Waals surface area (Å²) in [5, 5.41) is 0. The predicted octanol–water partition coefficient (Wildman–Crippen LogP) is 3.02. The van der Waals surface area contributed by atoms with Gasteiger partial charge in [0.2, 0.25) is 0 Å². The Balaban J connectivity index is 1.99. The van der Waals surface area contributed by atoms with Crippen LogP contribution >= 0.6 is 0 Å². The standard InChI is InChI=1S/C19H28O5/c1-10(2)17(20)23-16-15-13(12(4)18(21)22-15)9-14-11(3)7-6-8-19(16,5)24-14/h10-11,13-16H,4,6-9H2,1-3,5H3. The molecule has 24 heavy (non-hydrogen) atoms. The van der Waals surface area contributed by atoms with E-state index >= 15 is 0 Å². The van der Waals surface area contributed by atoms with Crippen molar-refractivity contribution in [2.24, 2.45) is 17.8 Å². The van der Waals surface area contributed by atoms with Gasteiger partial charge < -0.3 is 14.2 Å². The van der Waals surface area contributed by atoms with E-state index in [2.05, 4.69) is 13.5 Å². The number of esters is 2. The van der Waals surface area contributed by atoms with Gasteiger partial charge in [-0.05, 0) is 32.1 Å². The molecule has 0 saturated carbocycles. The molecule has 6 unspecified atom stereocenters. The molecule has 0 spiro atoms. The zero-order valence-corrected chi connectivity index (χ0v) is 15.0. The Kier molecular flexibility index (Phi) is 4.49. The normalized spacial score (nSPS) is 42.1. The molecular formula is C19H28O5. The SMILES string of the molecule is C=C1C(=O)OC2C1CC1OC(C)(CCCC1C)C2OC(=O)C(C)C. The zero-order chi connectivity index (χ0) is 17.6. The molecule has 0 aromatic carbocycles. The second-order valence-corrected chi connectivity index (χ2v) is 8.09. The Morgan fingerprint density at radius 1 is 1.42 bits per heavy atom. The minimum absolute atomic E-state index is 0.0269. The van der Waals surface area contributed by atoms with E-state index in [4.69, 9.17) is 14.2 Å². The van der Waals surface area contributed by atoms with Crippen LogP contribution in [0.15, 0.2) is 12.2 Å². The monoisotopic (exact) mass is 336 g/mol. The molecule has 3 heterocycles. The van der Waals surface area contributed by atoms with Gasteiger partial charge in [-0.25, -0.2) is 4.79 Å². The number of rotatable bonds is 2. The number of carbonyl (C=O) groups excluding carboxylic acids is 2. The molecule has 3 aliphatic heterocycles. The molecule has 3 rings (SSSR count). The predicted molar refractivity (Wildman–Crippen MR) is 88.1 cm³/mol. The van der Waals surface area contributed by atoms with E-state index < -0.39 is 17.8 Å². The number of ether oxygens (including phenoxy) is 3. The van der Waals surface area contributed by atoms with E-state index in [1.807, 2.05) is 6.92 Å². The first kappa shape index (κ1) is 17.5. The van der Waals surface area contributed by atoms with Crippen molar-refractivity contribution in [1.29, 1.82) is 0 Å². The van der Waals surface area contributed by atoms with E-state index in [1.165, 1.54) is 0 Å². The lowest BCUT2D eigenvalue weighted by atomic mass is 9.79. The van der Waals surface area contributed by atoms with Crippen LogP contribution < -0.4 is 0 Å². The second-order valence-electron chi connectivity index (χ2n) is 8.09. The largest absolute Gasteiger partial charge is 0.455 e. The van der Waals surface area contributed by atoms with Gasteiger partial charge in [0, 0.05) is 11.5 Å². The fourth-order valence-corrected chi connectivity index (χ4v) is 4.20. The third kappa shape index (κ3) is 2.87. The van der Waals surface area contributed by atoms with Crippen molar-refractivity contribution in [1.82, 2.24) is 0 Å². The van der Waals surface area contributed by atoms with Crippen LogP contribution in [0.5, 0.6) is 0 Å². The number of hydrogen-bond acceptors (Lipinski definition) is 5. The highest BCUT2D eigenvalue weighted by Crippen LogP contribution is 2.47. The average Bonchev–Trinajstić information content (AvgIpc) is 2.64. The van der Waals surface area contributed by atoms with Gasteiger partial charge in [0.15, 0.2) is 6.10 Å². The van der Waals surface area contributed by atoms with Gasteiger partial charge in [-0.1, -0.05) is 33.8 Å². The molecule has 0 N–H and O–H groups in total. The van der Waals surface area contributed by atoms with Crippen LogP contribution in [0.25, 0.3) is 0 Å². The highest BCUT2D eigenvalue weighted by Gasteiger charge is 2.57. The van der Waals surface area contributed by atoms with Gasteiger partial charge >= 0.3 is 11.9 Å². The first-order valence-corrected chi connectivity index (χ1v) is 9.01. The van der Waals surface area contributed by atoms with Gasteiger partial charge in [0.05, 0.1) is 12.0 Å². The Labute approximate surface area is 143 Å². The summed E-state index contributed by atoms with van der Waals surface area (Å²) >= 11 is 0. The average molecular weight is 336 g/mol. The minimum atomic E-state index is -0.635. The fourth-order valence-electron chi connectivity index (χ4n) is 4.20. The van der Waals surface area contributed by atoms with Gasteiger partial charge in [0.25, 0.3) is 0 Å². The summed E-state index contributed by atoms with van der Waals surface area (Å²) in [4.78, 5) is 24.4. The summed E-state index contributed by atoms with van der Waals surface area (Å²) in [5.74, 6) is -0.639. The van der Waals surface area contributed by atoms with Gasteiger partial charge in [-0.15, -0.1) is 0 Å². The van der Waals surface area contributed by atoms with Crippen molar-refractivity contribution in [3.63, 3.8) is 0 Å². The summed E-state index contributed by atoms with van der Waals surface area (Å²) in [6, 6.07) is 0.